The molecular formula is C13H23N3O3. The predicted octanol–water partition coefficient (Wildman–Crippen LogP) is 1.57. The summed E-state index contributed by atoms with van der Waals surface area (Å²) in [4.78, 5) is 8.59. The van der Waals surface area contributed by atoms with Crippen LogP contribution in [0.2, 0.25) is 0 Å². The van der Waals surface area contributed by atoms with E-state index in [1.54, 1.807) is 20.4 Å². The van der Waals surface area contributed by atoms with Crippen molar-refractivity contribution in [3.05, 3.63) is 11.9 Å². The number of ether oxygens (including phenoxy) is 3. The number of nitrogens with zero attached hydrogens (tertiary/aromatic N) is 2. The maximum atomic E-state index is 5.50. The summed E-state index contributed by atoms with van der Waals surface area (Å²) in [6.45, 7) is 3.55. The van der Waals surface area contributed by atoms with Crippen molar-refractivity contribution in [3.8, 4) is 11.8 Å². The molecule has 0 aromatic carbocycles. The molecule has 1 rings (SSSR count). The normalized spacial score (nSPS) is 12.2. The maximum Gasteiger partial charge on any atom is 0.240 e. The van der Waals surface area contributed by atoms with Gasteiger partial charge in [0.05, 0.1) is 26.5 Å². The molecule has 1 heterocycles. The Hall–Kier alpha value is -1.40. The highest BCUT2D eigenvalue weighted by Crippen LogP contribution is 2.25. The summed E-state index contributed by atoms with van der Waals surface area (Å²) >= 11 is 0. The quantitative estimate of drug-likeness (QED) is 0.686. The Kier molecular flexibility index (Phi) is 7.14. The summed E-state index contributed by atoms with van der Waals surface area (Å²) < 4.78 is 15.8. The molecule has 1 aromatic heterocycles. The van der Waals surface area contributed by atoms with E-state index in [0.717, 1.165) is 25.1 Å². The van der Waals surface area contributed by atoms with Crippen molar-refractivity contribution >= 4 is 0 Å². The standard InChI is InChI=1S/C13H23N3O3/c1-5-7-19-8-6-10(14-2)12-13(18-4)16-11(17-3)9-15-12/h9-10,14H,5-8H2,1-4H3. The van der Waals surface area contributed by atoms with Crippen molar-refractivity contribution < 1.29 is 14.2 Å². The van der Waals surface area contributed by atoms with Gasteiger partial charge in [-0.25, -0.2) is 4.98 Å². The summed E-state index contributed by atoms with van der Waals surface area (Å²) in [6, 6.07) is 0.0465. The molecule has 0 saturated heterocycles. The lowest BCUT2D eigenvalue weighted by atomic mass is 10.1. The van der Waals surface area contributed by atoms with E-state index in [9.17, 15) is 0 Å². The number of rotatable bonds is 9. The average molecular weight is 269 g/mol. The molecule has 0 spiro atoms. The van der Waals surface area contributed by atoms with Gasteiger partial charge in [-0.2, -0.15) is 4.98 Å². The third-order valence-corrected chi connectivity index (χ3v) is 2.73. The second kappa shape index (κ2) is 8.66. The van der Waals surface area contributed by atoms with Crippen LogP contribution < -0.4 is 14.8 Å². The average Bonchev–Trinajstić information content (AvgIpc) is 2.47. The zero-order valence-electron chi connectivity index (χ0n) is 12.1. The fraction of sp³-hybridized carbons (Fsp3) is 0.692. The first kappa shape index (κ1) is 15.7. The minimum atomic E-state index is 0.0465. The van der Waals surface area contributed by atoms with Gasteiger partial charge < -0.3 is 19.5 Å². The lowest BCUT2D eigenvalue weighted by Crippen LogP contribution is -2.21. The first-order chi connectivity index (χ1) is 9.26. The smallest absolute Gasteiger partial charge is 0.240 e. The Morgan fingerprint density at radius 1 is 1.26 bits per heavy atom. The highest BCUT2D eigenvalue weighted by molar-refractivity contribution is 5.25. The molecule has 6 nitrogen and oxygen atoms in total. The van der Waals surface area contributed by atoms with Gasteiger partial charge in [0.2, 0.25) is 11.8 Å². The summed E-state index contributed by atoms with van der Waals surface area (Å²) in [5.74, 6) is 0.923. The molecule has 1 aromatic rings. The SMILES string of the molecule is CCCOCCC(NC)c1ncc(OC)nc1OC. The fourth-order valence-corrected chi connectivity index (χ4v) is 1.72. The van der Waals surface area contributed by atoms with Crippen LogP contribution >= 0.6 is 0 Å². The van der Waals surface area contributed by atoms with Gasteiger partial charge in [-0.05, 0) is 19.9 Å². The van der Waals surface area contributed by atoms with E-state index >= 15 is 0 Å². The molecule has 1 N–H and O–H groups in total. The third kappa shape index (κ3) is 4.65. The molecule has 19 heavy (non-hydrogen) atoms. The van der Waals surface area contributed by atoms with Gasteiger partial charge in [0.15, 0.2) is 0 Å². The van der Waals surface area contributed by atoms with Crippen LogP contribution in [0.15, 0.2) is 6.20 Å². The van der Waals surface area contributed by atoms with Gasteiger partial charge in [-0.15, -0.1) is 0 Å². The van der Waals surface area contributed by atoms with Gasteiger partial charge >= 0.3 is 0 Å². The lowest BCUT2D eigenvalue weighted by Gasteiger charge is -2.17. The zero-order valence-corrected chi connectivity index (χ0v) is 12.1. The van der Waals surface area contributed by atoms with Gasteiger partial charge in [-0.1, -0.05) is 6.92 Å². The molecule has 1 atom stereocenters. The van der Waals surface area contributed by atoms with Crippen molar-refractivity contribution in [2.24, 2.45) is 0 Å². The van der Waals surface area contributed by atoms with Gasteiger partial charge in [0, 0.05) is 13.2 Å². The first-order valence-electron chi connectivity index (χ1n) is 6.46. The summed E-state index contributed by atoms with van der Waals surface area (Å²) in [5, 5.41) is 3.20. The van der Waals surface area contributed by atoms with E-state index in [-0.39, 0.29) is 6.04 Å². The molecular weight excluding hydrogens is 246 g/mol. The van der Waals surface area contributed by atoms with Crippen LogP contribution in [0.1, 0.15) is 31.5 Å². The van der Waals surface area contributed by atoms with Gasteiger partial charge in [0.1, 0.15) is 5.69 Å². The molecule has 0 aliphatic carbocycles. The molecule has 0 aliphatic heterocycles. The minimum Gasteiger partial charge on any atom is -0.480 e. The van der Waals surface area contributed by atoms with Crippen LogP contribution in [0, 0.1) is 0 Å². The van der Waals surface area contributed by atoms with E-state index in [1.807, 2.05) is 7.05 Å². The largest absolute Gasteiger partial charge is 0.480 e. The Morgan fingerprint density at radius 2 is 2.05 bits per heavy atom. The molecule has 0 aliphatic rings. The molecule has 108 valence electrons. The second-order valence-electron chi connectivity index (χ2n) is 4.05. The molecule has 1 unspecified atom stereocenters. The first-order valence-corrected chi connectivity index (χ1v) is 6.46. The van der Waals surface area contributed by atoms with Crippen LogP contribution in [0.25, 0.3) is 0 Å². The van der Waals surface area contributed by atoms with E-state index in [4.69, 9.17) is 14.2 Å². The topological polar surface area (TPSA) is 65.5 Å². The van der Waals surface area contributed by atoms with Crippen LogP contribution in [-0.2, 0) is 4.74 Å². The monoisotopic (exact) mass is 269 g/mol. The van der Waals surface area contributed by atoms with E-state index < -0.39 is 0 Å². The highest BCUT2D eigenvalue weighted by atomic mass is 16.5. The maximum absolute atomic E-state index is 5.50. The van der Waals surface area contributed by atoms with Crippen molar-refractivity contribution in [2.45, 2.75) is 25.8 Å². The van der Waals surface area contributed by atoms with Crippen molar-refractivity contribution in [1.82, 2.24) is 15.3 Å². The number of methoxy groups -OCH3 is 2. The number of hydrogen-bond donors (Lipinski definition) is 1. The Morgan fingerprint density at radius 3 is 2.63 bits per heavy atom. The minimum absolute atomic E-state index is 0.0465. The Bertz CT molecular complexity index is 374. The zero-order chi connectivity index (χ0) is 14.1. The van der Waals surface area contributed by atoms with Crippen molar-refractivity contribution in [2.75, 3.05) is 34.5 Å². The third-order valence-electron chi connectivity index (χ3n) is 2.73. The number of hydrogen-bond acceptors (Lipinski definition) is 6. The van der Waals surface area contributed by atoms with E-state index in [2.05, 4.69) is 22.2 Å². The lowest BCUT2D eigenvalue weighted by molar-refractivity contribution is 0.124. The predicted molar refractivity (Wildman–Crippen MR) is 72.7 cm³/mol. The van der Waals surface area contributed by atoms with Crippen LogP contribution in [0.4, 0.5) is 0 Å². The van der Waals surface area contributed by atoms with Gasteiger partial charge in [0.25, 0.3) is 0 Å². The molecule has 0 radical (unpaired) electrons. The summed E-state index contributed by atoms with van der Waals surface area (Å²) in [5.41, 5.74) is 0.769. The number of nitrogens with one attached hydrogen (secondary N) is 1. The van der Waals surface area contributed by atoms with E-state index in [0.29, 0.717) is 18.4 Å². The number of aromatic nitrogens is 2. The Labute approximate surface area is 114 Å². The molecule has 0 saturated carbocycles. The van der Waals surface area contributed by atoms with Gasteiger partial charge in [-0.3, -0.25) is 0 Å². The van der Waals surface area contributed by atoms with Crippen LogP contribution in [-0.4, -0.2) is 44.4 Å². The molecule has 0 fully saturated rings. The van der Waals surface area contributed by atoms with Crippen molar-refractivity contribution in [3.63, 3.8) is 0 Å². The second-order valence-corrected chi connectivity index (χ2v) is 4.05. The van der Waals surface area contributed by atoms with E-state index in [1.165, 1.54) is 0 Å². The summed E-state index contributed by atoms with van der Waals surface area (Å²) in [7, 11) is 5.01. The van der Waals surface area contributed by atoms with Crippen LogP contribution in [0.5, 0.6) is 11.8 Å². The molecule has 0 bridgehead atoms. The van der Waals surface area contributed by atoms with Crippen molar-refractivity contribution in [1.29, 1.82) is 0 Å². The fourth-order valence-electron chi connectivity index (χ4n) is 1.72. The molecule has 0 amide bonds. The highest BCUT2D eigenvalue weighted by Gasteiger charge is 2.18. The van der Waals surface area contributed by atoms with Crippen LogP contribution in [0.3, 0.4) is 0 Å². The summed E-state index contributed by atoms with van der Waals surface area (Å²) in [6.07, 6.45) is 3.43. The Balaban J connectivity index is 2.73. The molecule has 6 heteroatoms.